The van der Waals surface area contributed by atoms with Gasteiger partial charge in [-0.05, 0) is 12.8 Å². The molecule has 0 aromatic carbocycles. The zero-order chi connectivity index (χ0) is 16.0. The Morgan fingerprint density at radius 2 is 1.95 bits per heavy atom. The number of anilines is 2. The summed E-state index contributed by atoms with van der Waals surface area (Å²) in [6, 6.07) is 0. The number of unbranched alkanes of at least 4 members (excludes halogenated alkanes) is 1. The van der Waals surface area contributed by atoms with Crippen LogP contribution in [0.1, 0.15) is 32.6 Å². The first kappa shape index (κ1) is 17.1. The Hall–Kier alpha value is -1.93. The van der Waals surface area contributed by atoms with E-state index >= 15 is 0 Å². The number of halogens is 3. The number of hydrogen-bond acceptors (Lipinski definition) is 4. The van der Waals surface area contributed by atoms with Gasteiger partial charge in [0.2, 0.25) is 0 Å². The second-order valence-corrected chi connectivity index (χ2v) is 4.67. The lowest BCUT2D eigenvalue weighted by Gasteiger charge is -2.13. The van der Waals surface area contributed by atoms with Crippen molar-refractivity contribution in [3.8, 4) is 0 Å². The number of nitrogens with two attached hydrogens (primary N) is 1. The van der Waals surface area contributed by atoms with Gasteiger partial charge in [0.15, 0.2) is 0 Å². The average Bonchev–Trinajstić information content (AvgIpc) is 2.36. The molecule has 6 nitrogen and oxygen atoms in total. The minimum atomic E-state index is -4.24. The maximum atomic E-state index is 12.0. The molecule has 0 aliphatic heterocycles. The molecule has 0 spiro atoms. The van der Waals surface area contributed by atoms with Crippen molar-refractivity contribution in [1.82, 2.24) is 9.55 Å². The van der Waals surface area contributed by atoms with Crippen LogP contribution < -0.4 is 22.3 Å². The highest BCUT2D eigenvalue weighted by Crippen LogP contribution is 2.21. The number of alkyl halides is 3. The fourth-order valence-corrected chi connectivity index (χ4v) is 1.80. The summed E-state index contributed by atoms with van der Waals surface area (Å²) in [5.41, 5.74) is 4.35. The van der Waals surface area contributed by atoms with Crippen molar-refractivity contribution in [2.75, 3.05) is 17.6 Å². The monoisotopic (exact) mass is 308 g/mol. The summed E-state index contributed by atoms with van der Waals surface area (Å²) in [6.07, 6.45) is -3.84. The van der Waals surface area contributed by atoms with E-state index in [0.29, 0.717) is 13.0 Å². The lowest BCUT2D eigenvalue weighted by Crippen LogP contribution is -2.34. The molecule has 1 rings (SSSR count). The van der Waals surface area contributed by atoms with Gasteiger partial charge in [-0.2, -0.15) is 13.2 Å². The molecule has 21 heavy (non-hydrogen) atoms. The van der Waals surface area contributed by atoms with Crippen LogP contribution in [0.2, 0.25) is 0 Å². The van der Waals surface area contributed by atoms with Gasteiger partial charge in [-0.25, -0.2) is 4.79 Å². The number of hydrogen-bond donors (Lipinski definition) is 3. The Kier molecular flexibility index (Phi) is 5.86. The van der Waals surface area contributed by atoms with Crippen LogP contribution in [0.4, 0.5) is 24.7 Å². The number of rotatable bonds is 7. The summed E-state index contributed by atoms with van der Waals surface area (Å²) in [5.74, 6) is -0.0517. The number of H-pyrrole nitrogens is 1. The zero-order valence-electron chi connectivity index (χ0n) is 11.7. The quantitative estimate of drug-likeness (QED) is 0.668. The molecule has 120 valence electrons. The molecule has 0 saturated carbocycles. The van der Waals surface area contributed by atoms with Gasteiger partial charge in [0, 0.05) is 19.5 Å². The zero-order valence-corrected chi connectivity index (χ0v) is 11.7. The van der Waals surface area contributed by atoms with Crippen molar-refractivity contribution >= 4 is 11.5 Å². The van der Waals surface area contributed by atoms with Crippen LogP contribution in [-0.4, -0.2) is 22.3 Å². The number of aromatic amines is 1. The molecule has 0 atom stereocenters. The maximum absolute atomic E-state index is 12.0. The predicted molar refractivity (Wildman–Crippen MR) is 74.4 cm³/mol. The maximum Gasteiger partial charge on any atom is 0.389 e. The van der Waals surface area contributed by atoms with Gasteiger partial charge in [-0.3, -0.25) is 14.3 Å². The van der Waals surface area contributed by atoms with Crippen molar-refractivity contribution in [1.29, 1.82) is 0 Å². The molecule has 0 aliphatic rings. The van der Waals surface area contributed by atoms with Crippen LogP contribution in [0.25, 0.3) is 0 Å². The third-order valence-electron chi connectivity index (χ3n) is 2.91. The van der Waals surface area contributed by atoms with E-state index in [4.69, 9.17) is 5.73 Å². The van der Waals surface area contributed by atoms with Crippen LogP contribution in [0.5, 0.6) is 0 Å². The van der Waals surface area contributed by atoms with Gasteiger partial charge in [-0.15, -0.1) is 0 Å². The number of nitrogens with zero attached hydrogens (tertiary/aromatic N) is 1. The minimum Gasteiger partial charge on any atom is -0.383 e. The van der Waals surface area contributed by atoms with Gasteiger partial charge < -0.3 is 11.1 Å². The number of nitrogen functional groups attached to an aromatic ring is 1. The molecule has 1 heterocycles. The minimum absolute atomic E-state index is 0.0517. The first-order valence-corrected chi connectivity index (χ1v) is 6.69. The molecule has 1 aromatic rings. The Morgan fingerprint density at radius 1 is 1.29 bits per heavy atom. The van der Waals surface area contributed by atoms with Gasteiger partial charge >= 0.3 is 11.9 Å². The molecule has 0 fully saturated rings. The smallest absolute Gasteiger partial charge is 0.383 e. The molecule has 0 bridgehead atoms. The van der Waals surface area contributed by atoms with E-state index in [1.807, 2.05) is 6.92 Å². The second-order valence-electron chi connectivity index (χ2n) is 4.67. The van der Waals surface area contributed by atoms with Crippen molar-refractivity contribution in [3.05, 3.63) is 20.8 Å². The van der Waals surface area contributed by atoms with E-state index in [2.05, 4.69) is 10.3 Å². The van der Waals surface area contributed by atoms with Gasteiger partial charge in [0.25, 0.3) is 5.56 Å². The van der Waals surface area contributed by atoms with Crippen molar-refractivity contribution in [3.63, 3.8) is 0 Å². The van der Waals surface area contributed by atoms with E-state index in [9.17, 15) is 22.8 Å². The van der Waals surface area contributed by atoms with E-state index in [-0.39, 0.29) is 24.5 Å². The van der Waals surface area contributed by atoms with Crippen LogP contribution in [0, 0.1) is 0 Å². The fraction of sp³-hybridized carbons (Fsp3) is 0.667. The molecule has 0 saturated heterocycles. The molecular weight excluding hydrogens is 289 g/mol. The fourth-order valence-electron chi connectivity index (χ4n) is 1.80. The summed E-state index contributed by atoms with van der Waals surface area (Å²) in [5, 5.41) is 2.57. The lowest BCUT2D eigenvalue weighted by atomic mass is 10.3. The summed E-state index contributed by atoms with van der Waals surface area (Å²) >= 11 is 0. The SMILES string of the molecule is CCCCn1c(N)c(NCCCC(F)(F)F)c(=O)[nH]c1=O. The van der Waals surface area contributed by atoms with Crippen molar-refractivity contribution in [2.24, 2.45) is 0 Å². The molecule has 0 aliphatic carbocycles. The third-order valence-corrected chi connectivity index (χ3v) is 2.91. The first-order chi connectivity index (χ1) is 9.76. The molecular formula is C12H19F3N4O2. The predicted octanol–water partition coefficient (Wildman–Crippen LogP) is 1.67. The van der Waals surface area contributed by atoms with Crippen LogP contribution in [0.3, 0.4) is 0 Å². The van der Waals surface area contributed by atoms with E-state index in [1.165, 1.54) is 4.57 Å². The van der Waals surface area contributed by atoms with Crippen molar-refractivity contribution < 1.29 is 13.2 Å². The lowest BCUT2D eigenvalue weighted by molar-refractivity contribution is -0.134. The van der Waals surface area contributed by atoms with Crippen molar-refractivity contribution in [2.45, 2.75) is 45.3 Å². The van der Waals surface area contributed by atoms with Gasteiger partial charge in [0.05, 0.1) is 0 Å². The molecule has 9 heteroatoms. The summed E-state index contributed by atoms with van der Waals surface area (Å²) in [6.45, 7) is 2.22. The second kappa shape index (κ2) is 7.19. The Morgan fingerprint density at radius 3 is 2.52 bits per heavy atom. The van der Waals surface area contributed by atoms with E-state index < -0.39 is 23.8 Å². The highest BCUT2D eigenvalue weighted by molar-refractivity contribution is 5.60. The topological polar surface area (TPSA) is 92.9 Å². The largest absolute Gasteiger partial charge is 0.389 e. The summed E-state index contributed by atoms with van der Waals surface area (Å²) in [4.78, 5) is 25.4. The molecule has 0 radical (unpaired) electrons. The first-order valence-electron chi connectivity index (χ1n) is 6.69. The average molecular weight is 308 g/mol. The molecule has 4 N–H and O–H groups in total. The Bertz CT molecular complexity index is 577. The van der Waals surface area contributed by atoms with E-state index in [1.54, 1.807) is 0 Å². The number of aromatic nitrogens is 2. The van der Waals surface area contributed by atoms with Gasteiger partial charge in [-0.1, -0.05) is 13.3 Å². The Labute approximate surface area is 119 Å². The van der Waals surface area contributed by atoms with Crippen LogP contribution >= 0.6 is 0 Å². The third kappa shape index (κ3) is 5.16. The Balaban J connectivity index is 2.82. The van der Waals surface area contributed by atoms with Crippen LogP contribution in [0.15, 0.2) is 9.59 Å². The van der Waals surface area contributed by atoms with E-state index in [0.717, 1.165) is 6.42 Å². The normalized spacial score (nSPS) is 11.6. The standard InChI is InChI=1S/C12H19F3N4O2/c1-2-3-7-19-9(16)8(10(20)18-11(19)21)17-6-4-5-12(13,14)15/h17H,2-7,16H2,1H3,(H,18,20,21). The summed E-state index contributed by atoms with van der Waals surface area (Å²) in [7, 11) is 0. The molecule has 0 unspecified atom stereocenters. The molecule has 1 aromatic heterocycles. The highest BCUT2D eigenvalue weighted by atomic mass is 19.4. The highest BCUT2D eigenvalue weighted by Gasteiger charge is 2.26. The summed E-state index contributed by atoms with van der Waals surface area (Å²) < 4.78 is 37.3. The van der Waals surface area contributed by atoms with Gasteiger partial charge in [0.1, 0.15) is 11.5 Å². The number of nitrogens with one attached hydrogen (secondary N) is 2. The van der Waals surface area contributed by atoms with Crippen LogP contribution in [-0.2, 0) is 6.54 Å². The molecule has 0 amide bonds.